The molecule has 1 aliphatic heterocycles. The van der Waals surface area contributed by atoms with E-state index in [1.54, 1.807) is 0 Å². The monoisotopic (exact) mass is 378 g/mol. The van der Waals surface area contributed by atoms with Crippen molar-refractivity contribution in [1.29, 1.82) is 0 Å². The average Bonchev–Trinajstić information content (AvgIpc) is 2.51. The highest BCUT2D eigenvalue weighted by Gasteiger charge is 2.12. The summed E-state index contributed by atoms with van der Waals surface area (Å²) in [5.74, 6) is 1.50. The van der Waals surface area contributed by atoms with Crippen molar-refractivity contribution in [2.24, 2.45) is 0 Å². The van der Waals surface area contributed by atoms with Gasteiger partial charge in [-0.3, -0.25) is 0 Å². The molecule has 0 unspecified atom stereocenters. The third-order valence-electron chi connectivity index (χ3n) is 3.22. The van der Waals surface area contributed by atoms with Crippen LogP contribution in [0.4, 0.5) is 11.4 Å². The molecular weight excluding hydrogens is 364 g/mol. The van der Waals surface area contributed by atoms with Crippen LogP contribution in [-0.4, -0.2) is 18.3 Å². The highest BCUT2D eigenvalue weighted by atomic mass is 79.9. The summed E-state index contributed by atoms with van der Waals surface area (Å²) in [4.78, 5) is 0. The first-order valence-corrected chi connectivity index (χ1v) is 8.06. The number of aryl methyl sites for hydroxylation is 1. The van der Waals surface area contributed by atoms with Crippen molar-refractivity contribution in [3.05, 3.63) is 46.4 Å². The van der Waals surface area contributed by atoms with Gasteiger partial charge in [0.05, 0.1) is 0 Å². The number of benzene rings is 2. The number of fused-ring (bicyclic) bond motifs is 1. The molecule has 3 rings (SSSR count). The Labute approximate surface area is 142 Å². The van der Waals surface area contributed by atoms with Gasteiger partial charge in [0.1, 0.15) is 13.2 Å². The minimum atomic E-state index is 0.526. The van der Waals surface area contributed by atoms with Gasteiger partial charge in [0.15, 0.2) is 16.6 Å². The van der Waals surface area contributed by atoms with E-state index in [-0.39, 0.29) is 0 Å². The molecule has 2 aromatic rings. The van der Waals surface area contributed by atoms with Crippen molar-refractivity contribution < 1.29 is 9.47 Å². The fraction of sp³-hybridized carbons (Fsp3) is 0.188. The van der Waals surface area contributed by atoms with Gasteiger partial charge < -0.3 is 20.1 Å². The van der Waals surface area contributed by atoms with E-state index >= 15 is 0 Å². The van der Waals surface area contributed by atoms with Crippen LogP contribution in [0, 0.1) is 6.92 Å². The second-order valence-corrected chi connectivity index (χ2v) is 6.16. The van der Waals surface area contributed by atoms with Gasteiger partial charge in [0.25, 0.3) is 0 Å². The van der Waals surface area contributed by atoms with Crippen molar-refractivity contribution in [2.45, 2.75) is 6.92 Å². The zero-order valence-electron chi connectivity index (χ0n) is 12.0. The van der Waals surface area contributed by atoms with Gasteiger partial charge in [0, 0.05) is 21.9 Å². The highest BCUT2D eigenvalue weighted by Crippen LogP contribution is 2.32. The lowest BCUT2D eigenvalue weighted by atomic mass is 10.2. The van der Waals surface area contributed by atoms with E-state index in [0.717, 1.165) is 32.9 Å². The summed E-state index contributed by atoms with van der Waals surface area (Å²) in [5.41, 5.74) is 2.94. The van der Waals surface area contributed by atoms with Crippen molar-refractivity contribution >= 4 is 44.6 Å². The Bertz CT molecular complexity index is 721. The molecule has 6 heteroatoms. The van der Waals surface area contributed by atoms with Crippen molar-refractivity contribution in [3.63, 3.8) is 0 Å². The average molecular weight is 379 g/mol. The quantitative estimate of drug-likeness (QED) is 0.760. The maximum atomic E-state index is 5.56. The van der Waals surface area contributed by atoms with Crippen LogP contribution in [0.2, 0.25) is 0 Å². The minimum Gasteiger partial charge on any atom is -0.486 e. The highest BCUT2D eigenvalue weighted by molar-refractivity contribution is 9.10. The van der Waals surface area contributed by atoms with Gasteiger partial charge in [0.2, 0.25) is 0 Å². The first-order valence-electron chi connectivity index (χ1n) is 6.85. The van der Waals surface area contributed by atoms with Gasteiger partial charge in [-0.1, -0.05) is 15.9 Å². The Hall–Kier alpha value is -1.79. The second kappa shape index (κ2) is 6.54. The number of rotatable bonds is 2. The van der Waals surface area contributed by atoms with Crippen LogP contribution < -0.4 is 20.1 Å². The fourth-order valence-corrected chi connectivity index (χ4v) is 2.62. The van der Waals surface area contributed by atoms with Crippen LogP contribution in [0.5, 0.6) is 11.5 Å². The summed E-state index contributed by atoms with van der Waals surface area (Å²) in [6.45, 7) is 3.19. The maximum absolute atomic E-state index is 5.56. The molecule has 2 aromatic carbocycles. The number of ether oxygens (including phenoxy) is 2. The first kappa shape index (κ1) is 15.1. The predicted octanol–water partition coefficient (Wildman–Crippen LogP) is 4.34. The second-order valence-electron chi connectivity index (χ2n) is 4.90. The molecule has 2 N–H and O–H groups in total. The zero-order valence-corrected chi connectivity index (χ0v) is 14.4. The van der Waals surface area contributed by atoms with E-state index in [1.807, 2.05) is 43.3 Å². The molecule has 0 aliphatic carbocycles. The SMILES string of the molecule is Cc1cc(NC(=S)Nc2ccc3c(c2)OCCO3)ccc1Br. The molecule has 0 spiro atoms. The normalized spacial score (nSPS) is 12.6. The number of thiocarbonyl (C=S) groups is 1. The van der Waals surface area contributed by atoms with Crippen molar-refractivity contribution in [1.82, 2.24) is 0 Å². The molecule has 0 bridgehead atoms. The van der Waals surface area contributed by atoms with Crippen molar-refractivity contribution in [3.8, 4) is 11.5 Å². The molecule has 0 fully saturated rings. The minimum absolute atomic E-state index is 0.526. The third-order valence-corrected chi connectivity index (χ3v) is 4.31. The lowest BCUT2D eigenvalue weighted by Crippen LogP contribution is -2.20. The molecule has 22 heavy (non-hydrogen) atoms. The lowest BCUT2D eigenvalue weighted by molar-refractivity contribution is 0.171. The van der Waals surface area contributed by atoms with Crippen LogP contribution in [-0.2, 0) is 0 Å². The first-order chi connectivity index (χ1) is 10.6. The van der Waals surface area contributed by atoms with Crippen LogP contribution in [0.3, 0.4) is 0 Å². The Morgan fingerprint density at radius 1 is 1.00 bits per heavy atom. The third kappa shape index (κ3) is 3.51. The molecule has 114 valence electrons. The van der Waals surface area contributed by atoms with E-state index in [2.05, 4.69) is 26.6 Å². The van der Waals surface area contributed by atoms with Crippen LogP contribution in [0.25, 0.3) is 0 Å². The maximum Gasteiger partial charge on any atom is 0.175 e. The molecule has 1 heterocycles. The number of nitrogens with one attached hydrogen (secondary N) is 2. The Morgan fingerprint density at radius 3 is 2.36 bits per heavy atom. The number of hydrogen-bond acceptors (Lipinski definition) is 3. The molecule has 1 aliphatic rings. The Kier molecular flexibility index (Phi) is 4.49. The predicted molar refractivity (Wildman–Crippen MR) is 96.2 cm³/mol. The van der Waals surface area contributed by atoms with Crippen molar-refractivity contribution in [2.75, 3.05) is 23.8 Å². The lowest BCUT2D eigenvalue weighted by Gasteiger charge is -2.19. The number of halogens is 1. The molecule has 0 radical (unpaired) electrons. The van der Waals surface area contributed by atoms with Gasteiger partial charge in [-0.05, 0) is 55.0 Å². The molecule has 4 nitrogen and oxygen atoms in total. The summed E-state index contributed by atoms with van der Waals surface area (Å²) in [5, 5.41) is 6.84. The molecule has 0 aromatic heterocycles. The van der Waals surface area contributed by atoms with Gasteiger partial charge in [-0.2, -0.15) is 0 Å². The van der Waals surface area contributed by atoms with Crippen LogP contribution in [0.1, 0.15) is 5.56 Å². The number of hydrogen-bond donors (Lipinski definition) is 2. The molecule has 0 saturated carbocycles. The van der Waals surface area contributed by atoms with Crippen LogP contribution in [0.15, 0.2) is 40.9 Å². The molecule has 0 saturated heterocycles. The van der Waals surface area contributed by atoms with E-state index in [4.69, 9.17) is 21.7 Å². The van der Waals surface area contributed by atoms with Gasteiger partial charge in [-0.25, -0.2) is 0 Å². The summed E-state index contributed by atoms with van der Waals surface area (Å²) in [6.07, 6.45) is 0. The standard InChI is InChI=1S/C16H15BrN2O2S/c1-10-8-11(2-4-13(10)17)18-16(22)19-12-3-5-14-15(9-12)21-7-6-20-14/h2-5,8-9H,6-7H2,1H3,(H2,18,19,22). The van der Waals surface area contributed by atoms with E-state index in [0.29, 0.717) is 18.3 Å². The molecule has 0 atom stereocenters. The van der Waals surface area contributed by atoms with Gasteiger partial charge in [-0.15, -0.1) is 0 Å². The molecule has 0 amide bonds. The Morgan fingerprint density at radius 2 is 1.64 bits per heavy atom. The number of anilines is 2. The molecular formula is C16H15BrN2O2S. The summed E-state index contributed by atoms with van der Waals surface area (Å²) >= 11 is 8.83. The van der Waals surface area contributed by atoms with E-state index in [1.165, 1.54) is 0 Å². The summed E-state index contributed by atoms with van der Waals surface area (Å²) in [6, 6.07) is 11.7. The van der Waals surface area contributed by atoms with E-state index in [9.17, 15) is 0 Å². The van der Waals surface area contributed by atoms with Crippen LogP contribution >= 0.6 is 28.1 Å². The topological polar surface area (TPSA) is 42.5 Å². The van der Waals surface area contributed by atoms with E-state index < -0.39 is 0 Å². The largest absolute Gasteiger partial charge is 0.486 e. The zero-order chi connectivity index (χ0) is 15.5. The Balaban J connectivity index is 1.67. The smallest absolute Gasteiger partial charge is 0.175 e. The fourth-order valence-electron chi connectivity index (χ4n) is 2.14. The summed E-state index contributed by atoms with van der Waals surface area (Å²) in [7, 11) is 0. The van der Waals surface area contributed by atoms with Gasteiger partial charge >= 0.3 is 0 Å². The summed E-state index contributed by atoms with van der Waals surface area (Å²) < 4.78 is 12.1.